The topological polar surface area (TPSA) is 70.0 Å². The number of hydrogen-bond acceptors (Lipinski definition) is 6. The second-order valence-corrected chi connectivity index (χ2v) is 7.00. The summed E-state index contributed by atoms with van der Waals surface area (Å²) in [5.74, 6) is 0.407. The van der Waals surface area contributed by atoms with Crippen molar-refractivity contribution in [1.29, 1.82) is 0 Å². The van der Waals surface area contributed by atoms with Crippen molar-refractivity contribution in [2.24, 2.45) is 0 Å². The van der Waals surface area contributed by atoms with Gasteiger partial charge in [0.1, 0.15) is 11.5 Å². The van der Waals surface area contributed by atoms with E-state index in [1.807, 2.05) is 23.1 Å². The second kappa shape index (κ2) is 7.70. The van der Waals surface area contributed by atoms with Crippen molar-refractivity contribution in [3.63, 3.8) is 0 Å². The Morgan fingerprint density at radius 1 is 1.20 bits per heavy atom. The Morgan fingerprint density at radius 2 is 2.00 bits per heavy atom. The maximum absolute atomic E-state index is 11.2. The van der Waals surface area contributed by atoms with Gasteiger partial charge in [-0.05, 0) is 30.5 Å². The number of aromatic hydroxyl groups is 2. The molecule has 1 aliphatic heterocycles. The molecule has 0 fully saturated rings. The Bertz CT molecular complexity index is 778. The van der Waals surface area contributed by atoms with Crippen molar-refractivity contribution in [1.82, 2.24) is 0 Å². The summed E-state index contributed by atoms with van der Waals surface area (Å²) < 4.78 is 4.60. The van der Waals surface area contributed by atoms with Crippen LogP contribution in [0.4, 0.5) is 11.4 Å². The Labute approximate surface area is 151 Å². The zero-order valence-corrected chi connectivity index (χ0v) is 14.9. The highest BCUT2D eigenvalue weighted by molar-refractivity contribution is 7.99. The molecule has 0 spiro atoms. The summed E-state index contributed by atoms with van der Waals surface area (Å²) in [6, 6.07) is 11.3. The highest BCUT2D eigenvalue weighted by atomic mass is 32.2. The average molecular weight is 359 g/mol. The molecule has 25 heavy (non-hydrogen) atoms. The lowest BCUT2D eigenvalue weighted by atomic mass is 10.0. The standard InChI is InChI=1S/C19H21NO4S/c1-24-19(23)8-10-25-18-12-16(21)15(11-17(18)22)20-9-4-6-13-5-2-3-7-14(13)20/h2-3,5,7,11-12,21-22H,4,6,8-10H2,1H3. The summed E-state index contributed by atoms with van der Waals surface area (Å²) in [4.78, 5) is 13.8. The minimum atomic E-state index is -0.294. The zero-order valence-electron chi connectivity index (χ0n) is 14.1. The minimum absolute atomic E-state index is 0.103. The predicted octanol–water partition coefficient (Wildman–Crippen LogP) is 3.84. The van der Waals surface area contributed by atoms with E-state index >= 15 is 0 Å². The number of para-hydroxylation sites is 1. The van der Waals surface area contributed by atoms with Crippen LogP contribution in [0.3, 0.4) is 0 Å². The van der Waals surface area contributed by atoms with Crippen LogP contribution in [0.2, 0.25) is 0 Å². The molecule has 1 heterocycles. The predicted molar refractivity (Wildman–Crippen MR) is 98.9 cm³/mol. The Morgan fingerprint density at radius 3 is 2.80 bits per heavy atom. The SMILES string of the molecule is COC(=O)CCSc1cc(O)c(N2CCCc3ccccc32)cc1O. The fourth-order valence-electron chi connectivity index (χ4n) is 3.01. The lowest BCUT2D eigenvalue weighted by molar-refractivity contribution is -0.140. The number of phenolic OH excluding ortho intramolecular Hbond substituents is 2. The molecule has 6 heteroatoms. The molecule has 132 valence electrons. The molecular weight excluding hydrogens is 338 g/mol. The summed E-state index contributed by atoms with van der Waals surface area (Å²) >= 11 is 1.32. The van der Waals surface area contributed by atoms with Crippen molar-refractivity contribution in [2.75, 3.05) is 24.3 Å². The number of carbonyl (C=O) groups is 1. The first kappa shape index (κ1) is 17.5. The van der Waals surface area contributed by atoms with Crippen LogP contribution in [0.25, 0.3) is 0 Å². The first-order valence-electron chi connectivity index (χ1n) is 8.21. The first-order valence-corrected chi connectivity index (χ1v) is 9.19. The highest BCUT2D eigenvalue weighted by Crippen LogP contribution is 2.43. The number of thioether (sulfide) groups is 1. The molecule has 3 rings (SSSR count). The summed E-state index contributed by atoms with van der Waals surface area (Å²) in [6.07, 6.45) is 2.26. The normalized spacial score (nSPS) is 13.4. The van der Waals surface area contributed by atoms with Gasteiger partial charge in [0.2, 0.25) is 0 Å². The summed E-state index contributed by atoms with van der Waals surface area (Å²) in [6.45, 7) is 0.791. The number of rotatable bonds is 5. The molecular formula is C19H21NO4S. The largest absolute Gasteiger partial charge is 0.507 e. The number of esters is 1. The quantitative estimate of drug-likeness (QED) is 0.480. The van der Waals surface area contributed by atoms with Gasteiger partial charge in [-0.3, -0.25) is 4.79 Å². The molecule has 0 amide bonds. The molecule has 1 aliphatic rings. The number of phenols is 2. The van der Waals surface area contributed by atoms with E-state index in [0.29, 0.717) is 16.3 Å². The van der Waals surface area contributed by atoms with E-state index in [1.165, 1.54) is 24.4 Å². The van der Waals surface area contributed by atoms with Crippen molar-refractivity contribution in [3.8, 4) is 11.5 Å². The van der Waals surface area contributed by atoms with Gasteiger partial charge in [-0.1, -0.05) is 18.2 Å². The van der Waals surface area contributed by atoms with Crippen molar-refractivity contribution < 1.29 is 19.7 Å². The van der Waals surface area contributed by atoms with Gasteiger partial charge in [-0.15, -0.1) is 11.8 Å². The Balaban J connectivity index is 1.82. The summed E-state index contributed by atoms with van der Waals surface area (Å²) in [5.41, 5.74) is 2.90. The average Bonchev–Trinajstić information content (AvgIpc) is 2.63. The lowest BCUT2D eigenvalue weighted by Gasteiger charge is -2.32. The van der Waals surface area contributed by atoms with E-state index in [4.69, 9.17) is 0 Å². The molecule has 0 aliphatic carbocycles. The van der Waals surface area contributed by atoms with Gasteiger partial charge in [0, 0.05) is 24.1 Å². The van der Waals surface area contributed by atoms with Crippen LogP contribution in [0.1, 0.15) is 18.4 Å². The molecule has 0 aromatic heterocycles. The van der Waals surface area contributed by atoms with Crippen LogP contribution in [0.15, 0.2) is 41.3 Å². The van der Waals surface area contributed by atoms with Gasteiger partial charge in [-0.2, -0.15) is 0 Å². The number of nitrogens with zero attached hydrogens (tertiary/aromatic N) is 1. The molecule has 0 bridgehead atoms. The number of aryl methyl sites for hydroxylation is 1. The Kier molecular flexibility index (Phi) is 5.38. The number of ether oxygens (including phenoxy) is 1. The minimum Gasteiger partial charge on any atom is -0.507 e. The highest BCUT2D eigenvalue weighted by Gasteiger charge is 2.21. The molecule has 0 saturated heterocycles. The molecule has 0 atom stereocenters. The van der Waals surface area contributed by atoms with Gasteiger partial charge in [0.05, 0.1) is 24.1 Å². The van der Waals surface area contributed by atoms with Crippen molar-refractivity contribution in [3.05, 3.63) is 42.0 Å². The molecule has 5 nitrogen and oxygen atoms in total. The van der Waals surface area contributed by atoms with Gasteiger partial charge >= 0.3 is 5.97 Å². The van der Waals surface area contributed by atoms with Crippen molar-refractivity contribution >= 4 is 29.1 Å². The van der Waals surface area contributed by atoms with Gasteiger partial charge in [0.15, 0.2) is 0 Å². The maximum Gasteiger partial charge on any atom is 0.306 e. The smallest absolute Gasteiger partial charge is 0.306 e. The summed E-state index contributed by atoms with van der Waals surface area (Å²) in [7, 11) is 1.35. The van der Waals surface area contributed by atoms with Crippen LogP contribution < -0.4 is 4.90 Å². The number of anilines is 2. The third-order valence-electron chi connectivity index (χ3n) is 4.25. The van der Waals surface area contributed by atoms with Crippen LogP contribution in [0, 0.1) is 0 Å². The fourth-order valence-corrected chi connectivity index (χ4v) is 3.90. The molecule has 2 aromatic rings. The number of fused-ring (bicyclic) bond motifs is 1. The molecule has 2 N–H and O–H groups in total. The molecule has 0 radical (unpaired) electrons. The maximum atomic E-state index is 11.2. The number of methoxy groups -OCH3 is 1. The molecule has 0 saturated carbocycles. The van der Waals surface area contributed by atoms with Crippen LogP contribution in [-0.4, -0.2) is 35.6 Å². The molecule has 0 unspecified atom stereocenters. The van der Waals surface area contributed by atoms with E-state index in [-0.39, 0.29) is 23.9 Å². The number of carbonyl (C=O) groups excluding carboxylic acids is 1. The first-order chi connectivity index (χ1) is 12.1. The van der Waals surface area contributed by atoms with E-state index in [2.05, 4.69) is 10.8 Å². The summed E-state index contributed by atoms with van der Waals surface area (Å²) in [5, 5.41) is 20.8. The fraction of sp³-hybridized carbons (Fsp3) is 0.316. The van der Waals surface area contributed by atoms with Crippen molar-refractivity contribution in [2.45, 2.75) is 24.2 Å². The Hall–Kier alpha value is -2.34. The van der Waals surface area contributed by atoms with Gasteiger partial charge in [0.25, 0.3) is 0 Å². The third-order valence-corrected chi connectivity index (χ3v) is 5.29. The zero-order chi connectivity index (χ0) is 17.8. The second-order valence-electron chi connectivity index (χ2n) is 5.87. The van der Waals surface area contributed by atoms with Crippen LogP contribution in [-0.2, 0) is 16.0 Å². The lowest BCUT2D eigenvalue weighted by Crippen LogP contribution is -2.24. The van der Waals surface area contributed by atoms with E-state index in [1.54, 1.807) is 12.1 Å². The molecule has 2 aromatic carbocycles. The van der Waals surface area contributed by atoms with E-state index in [9.17, 15) is 15.0 Å². The monoisotopic (exact) mass is 359 g/mol. The van der Waals surface area contributed by atoms with Crippen LogP contribution in [0.5, 0.6) is 11.5 Å². The number of benzene rings is 2. The van der Waals surface area contributed by atoms with Gasteiger partial charge in [-0.25, -0.2) is 0 Å². The third kappa shape index (κ3) is 3.85. The van der Waals surface area contributed by atoms with E-state index in [0.717, 1.165) is 25.1 Å². The van der Waals surface area contributed by atoms with Crippen LogP contribution >= 0.6 is 11.8 Å². The van der Waals surface area contributed by atoms with E-state index < -0.39 is 0 Å². The van der Waals surface area contributed by atoms with Gasteiger partial charge < -0.3 is 19.8 Å². The number of hydrogen-bond donors (Lipinski definition) is 2.